The number of anilines is 1. The van der Waals surface area contributed by atoms with Gasteiger partial charge in [-0.05, 0) is 48.2 Å². The van der Waals surface area contributed by atoms with Gasteiger partial charge in [-0.25, -0.2) is 4.39 Å². The molecule has 0 radical (unpaired) electrons. The van der Waals surface area contributed by atoms with Crippen LogP contribution in [0.5, 0.6) is 0 Å². The number of carbonyl (C=O) groups excluding carboxylic acids is 2. The van der Waals surface area contributed by atoms with Crippen molar-refractivity contribution in [3.63, 3.8) is 0 Å². The molecule has 1 fully saturated rings. The number of halogens is 1. The SMILES string of the molecule is O=C1CC(C(=O)N(Cc2ccncc2)C2CC2)c2ccc(F)cc2N1. The second-order valence-electron chi connectivity index (χ2n) is 6.59. The molecule has 5 nitrogen and oxygen atoms in total. The zero-order valence-corrected chi connectivity index (χ0v) is 13.6. The van der Waals surface area contributed by atoms with Crippen LogP contribution in [0.2, 0.25) is 0 Å². The van der Waals surface area contributed by atoms with E-state index in [0.717, 1.165) is 18.4 Å². The normalized spacial score (nSPS) is 19.1. The molecular formula is C19H18FN3O2. The monoisotopic (exact) mass is 339 g/mol. The van der Waals surface area contributed by atoms with Gasteiger partial charge in [-0.15, -0.1) is 0 Å². The maximum atomic E-state index is 13.5. The first kappa shape index (κ1) is 15.7. The summed E-state index contributed by atoms with van der Waals surface area (Å²) in [6.45, 7) is 0.501. The molecule has 25 heavy (non-hydrogen) atoms. The molecule has 128 valence electrons. The fourth-order valence-corrected chi connectivity index (χ4v) is 3.32. The van der Waals surface area contributed by atoms with Crippen molar-refractivity contribution in [1.82, 2.24) is 9.88 Å². The number of nitrogens with zero attached hydrogens (tertiary/aromatic N) is 2. The fourth-order valence-electron chi connectivity index (χ4n) is 3.32. The van der Waals surface area contributed by atoms with Crippen LogP contribution in [0.15, 0.2) is 42.7 Å². The van der Waals surface area contributed by atoms with Crippen LogP contribution in [0.4, 0.5) is 10.1 Å². The molecule has 1 aliphatic carbocycles. The predicted molar refractivity (Wildman–Crippen MR) is 90.2 cm³/mol. The van der Waals surface area contributed by atoms with E-state index < -0.39 is 11.7 Å². The molecule has 4 rings (SSSR count). The minimum Gasteiger partial charge on any atom is -0.335 e. The van der Waals surface area contributed by atoms with Crippen molar-refractivity contribution >= 4 is 17.5 Å². The molecule has 0 saturated heterocycles. The van der Waals surface area contributed by atoms with Crippen molar-refractivity contribution in [3.8, 4) is 0 Å². The Morgan fingerprint density at radius 1 is 1.24 bits per heavy atom. The molecule has 1 unspecified atom stereocenters. The second-order valence-corrected chi connectivity index (χ2v) is 6.59. The lowest BCUT2D eigenvalue weighted by Gasteiger charge is -2.31. The average molecular weight is 339 g/mol. The van der Waals surface area contributed by atoms with Crippen LogP contribution in [0, 0.1) is 5.82 Å². The fraction of sp³-hybridized carbons (Fsp3) is 0.316. The molecule has 1 atom stereocenters. The number of benzene rings is 1. The van der Waals surface area contributed by atoms with Crippen LogP contribution in [-0.2, 0) is 16.1 Å². The van der Waals surface area contributed by atoms with Crippen LogP contribution in [-0.4, -0.2) is 27.7 Å². The van der Waals surface area contributed by atoms with Gasteiger partial charge in [0.1, 0.15) is 5.82 Å². The third-order valence-corrected chi connectivity index (χ3v) is 4.73. The summed E-state index contributed by atoms with van der Waals surface area (Å²) in [7, 11) is 0. The third kappa shape index (κ3) is 3.24. The van der Waals surface area contributed by atoms with E-state index in [2.05, 4.69) is 10.3 Å². The van der Waals surface area contributed by atoms with Crippen molar-refractivity contribution in [1.29, 1.82) is 0 Å². The first-order valence-corrected chi connectivity index (χ1v) is 8.40. The Morgan fingerprint density at radius 3 is 2.72 bits per heavy atom. The minimum atomic E-state index is -0.563. The number of nitrogens with one attached hydrogen (secondary N) is 1. The van der Waals surface area contributed by atoms with Gasteiger partial charge in [-0.3, -0.25) is 14.6 Å². The highest BCUT2D eigenvalue weighted by molar-refractivity contribution is 6.01. The standard InChI is InChI=1S/C19H18FN3O2/c20-13-1-4-15-16(10-18(24)22-17(15)9-13)19(25)23(14-2-3-14)11-12-5-7-21-8-6-12/h1,4-9,14,16H,2-3,10-11H2,(H,22,24). The summed E-state index contributed by atoms with van der Waals surface area (Å²) in [6.07, 6.45) is 5.46. The van der Waals surface area contributed by atoms with Gasteiger partial charge in [-0.2, -0.15) is 0 Å². The first-order valence-electron chi connectivity index (χ1n) is 8.40. The minimum absolute atomic E-state index is 0.0676. The van der Waals surface area contributed by atoms with Crippen LogP contribution in [0.3, 0.4) is 0 Å². The Bertz CT molecular complexity index is 821. The summed E-state index contributed by atoms with van der Waals surface area (Å²) in [5, 5.41) is 2.66. The first-order chi connectivity index (χ1) is 12.1. The van der Waals surface area contributed by atoms with Gasteiger partial charge in [0.15, 0.2) is 0 Å². The summed E-state index contributed by atoms with van der Waals surface area (Å²) < 4.78 is 13.5. The summed E-state index contributed by atoms with van der Waals surface area (Å²) in [4.78, 5) is 31.1. The number of hydrogen-bond donors (Lipinski definition) is 1. The van der Waals surface area contributed by atoms with Gasteiger partial charge in [0.05, 0.1) is 5.92 Å². The van der Waals surface area contributed by atoms with E-state index in [-0.39, 0.29) is 24.3 Å². The zero-order chi connectivity index (χ0) is 17.4. The molecule has 2 heterocycles. The Morgan fingerprint density at radius 2 is 2.00 bits per heavy atom. The number of carbonyl (C=O) groups is 2. The highest BCUT2D eigenvalue weighted by atomic mass is 19.1. The highest BCUT2D eigenvalue weighted by Crippen LogP contribution is 2.37. The molecular weight excluding hydrogens is 321 g/mol. The summed E-state index contributed by atoms with van der Waals surface area (Å²) in [6, 6.07) is 8.20. The van der Waals surface area contributed by atoms with Crippen molar-refractivity contribution in [3.05, 3.63) is 59.7 Å². The van der Waals surface area contributed by atoms with Gasteiger partial charge in [0.2, 0.25) is 11.8 Å². The van der Waals surface area contributed by atoms with Crippen molar-refractivity contribution in [2.45, 2.75) is 37.8 Å². The number of pyridine rings is 1. The van der Waals surface area contributed by atoms with Gasteiger partial charge >= 0.3 is 0 Å². The number of hydrogen-bond acceptors (Lipinski definition) is 3. The Kier molecular flexibility index (Phi) is 3.95. The number of rotatable bonds is 4. The quantitative estimate of drug-likeness (QED) is 0.932. The third-order valence-electron chi connectivity index (χ3n) is 4.73. The number of aromatic nitrogens is 1. The van der Waals surface area contributed by atoms with Crippen molar-refractivity contribution in [2.75, 3.05) is 5.32 Å². The molecule has 2 aromatic rings. The van der Waals surface area contributed by atoms with E-state index in [0.29, 0.717) is 17.8 Å². The summed E-state index contributed by atoms with van der Waals surface area (Å²) in [5.41, 5.74) is 2.09. The lowest BCUT2D eigenvalue weighted by atomic mass is 9.89. The van der Waals surface area contributed by atoms with E-state index in [1.165, 1.54) is 12.1 Å². The molecule has 1 N–H and O–H groups in total. The largest absolute Gasteiger partial charge is 0.335 e. The molecule has 2 amide bonds. The number of amides is 2. The smallest absolute Gasteiger partial charge is 0.231 e. The van der Waals surface area contributed by atoms with Gasteiger partial charge in [-0.1, -0.05) is 6.07 Å². The molecule has 0 bridgehead atoms. The van der Waals surface area contributed by atoms with Crippen LogP contribution >= 0.6 is 0 Å². The van der Waals surface area contributed by atoms with E-state index in [9.17, 15) is 14.0 Å². The molecule has 1 aliphatic heterocycles. The zero-order valence-electron chi connectivity index (χ0n) is 13.6. The van der Waals surface area contributed by atoms with E-state index in [1.54, 1.807) is 18.5 Å². The van der Waals surface area contributed by atoms with Crippen molar-refractivity contribution < 1.29 is 14.0 Å². The molecule has 1 aromatic carbocycles. The lowest BCUT2D eigenvalue weighted by molar-refractivity contribution is -0.136. The van der Waals surface area contributed by atoms with Gasteiger partial charge in [0, 0.05) is 37.1 Å². The van der Waals surface area contributed by atoms with E-state index in [4.69, 9.17) is 0 Å². The maximum absolute atomic E-state index is 13.5. The molecule has 2 aliphatic rings. The van der Waals surface area contributed by atoms with Crippen LogP contribution < -0.4 is 5.32 Å². The Balaban J connectivity index is 1.63. The van der Waals surface area contributed by atoms with E-state index in [1.807, 2.05) is 17.0 Å². The topological polar surface area (TPSA) is 62.3 Å². The lowest BCUT2D eigenvalue weighted by Crippen LogP contribution is -2.39. The Labute approximate surface area is 144 Å². The molecule has 1 aromatic heterocycles. The van der Waals surface area contributed by atoms with Gasteiger partial charge < -0.3 is 10.2 Å². The number of fused-ring (bicyclic) bond motifs is 1. The Hall–Kier alpha value is -2.76. The summed E-state index contributed by atoms with van der Waals surface area (Å²) >= 11 is 0. The summed E-state index contributed by atoms with van der Waals surface area (Å²) in [5.74, 6) is -1.31. The molecule has 1 saturated carbocycles. The van der Waals surface area contributed by atoms with Crippen LogP contribution in [0.25, 0.3) is 0 Å². The van der Waals surface area contributed by atoms with Crippen LogP contribution in [0.1, 0.15) is 36.3 Å². The van der Waals surface area contributed by atoms with Gasteiger partial charge in [0.25, 0.3) is 0 Å². The average Bonchev–Trinajstić information content (AvgIpc) is 3.44. The second kappa shape index (κ2) is 6.27. The highest BCUT2D eigenvalue weighted by Gasteiger charge is 2.39. The van der Waals surface area contributed by atoms with E-state index >= 15 is 0 Å². The predicted octanol–water partition coefficient (Wildman–Crippen LogP) is 2.84. The maximum Gasteiger partial charge on any atom is 0.231 e. The molecule has 6 heteroatoms. The van der Waals surface area contributed by atoms with Crippen molar-refractivity contribution in [2.24, 2.45) is 0 Å². The molecule has 0 spiro atoms.